The molecule has 0 saturated heterocycles. The van der Waals surface area contributed by atoms with Crippen LogP contribution in [0.5, 0.6) is 5.75 Å². The summed E-state index contributed by atoms with van der Waals surface area (Å²) in [5.41, 5.74) is 2.60. The first-order valence-electron chi connectivity index (χ1n) is 11.0. The highest BCUT2D eigenvalue weighted by Gasteiger charge is 2.16. The van der Waals surface area contributed by atoms with Crippen LogP contribution >= 0.6 is 25.3 Å². The van der Waals surface area contributed by atoms with E-state index in [4.69, 9.17) is 0 Å². The van der Waals surface area contributed by atoms with E-state index in [1.807, 2.05) is 67.8 Å². The van der Waals surface area contributed by atoms with Gasteiger partial charge in [0, 0.05) is 37.3 Å². The zero-order chi connectivity index (χ0) is 24.2. The Balaban J connectivity index is 2.70. The number of hydrogen-bond donors (Lipinski definition) is 3. The molecule has 2 aromatic carbocycles. The van der Waals surface area contributed by atoms with Gasteiger partial charge in [-0.25, -0.2) is 0 Å². The first-order valence-corrected chi connectivity index (χ1v) is 11.9. The molecule has 0 aliphatic rings. The van der Waals surface area contributed by atoms with Crippen molar-refractivity contribution in [1.82, 2.24) is 9.80 Å². The minimum Gasteiger partial charge on any atom is -0.508 e. The second kappa shape index (κ2) is 13.7. The number of thiol groups is 2. The molecule has 0 radical (unpaired) electrons. The molecule has 1 N–H and O–H groups in total. The number of hydrogen-bond acceptors (Lipinski definition) is 5. The Bertz CT molecular complexity index is 995. The lowest BCUT2D eigenvalue weighted by molar-refractivity contribution is 0.473. The van der Waals surface area contributed by atoms with Crippen LogP contribution in [0.1, 0.15) is 38.8 Å². The smallest absolute Gasteiger partial charge is 0.182 e. The molecule has 2 rings (SSSR count). The Morgan fingerprint density at radius 3 is 1.42 bits per heavy atom. The number of amidine groups is 2. The first-order chi connectivity index (χ1) is 15.9. The van der Waals surface area contributed by atoms with Crippen molar-refractivity contribution in [2.75, 3.05) is 26.2 Å². The fourth-order valence-corrected chi connectivity index (χ4v) is 3.68. The van der Waals surface area contributed by atoms with Gasteiger partial charge in [-0.15, -0.1) is 45.7 Å². The van der Waals surface area contributed by atoms with Gasteiger partial charge in [0.25, 0.3) is 0 Å². The van der Waals surface area contributed by atoms with Gasteiger partial charge in [-0.1, -0.05) is 30.3 Å². The number of nitrogens with zero attached hydrogens (tertiary/aromatic N) is 6. The van der Waals surface area contributed by atoms with Gasteiger partial charge in [0.2, 0.25) is 0 Å². The average Bonchev–Trinajstić information content (AvgIpc) is 2.84. The highest BCUT2D eigenvalue weighted by molar-refractivity contribution is 7.97. The minimum atomic E-state index is 0.162. The largest absolute Gasteiger partial charge is 0.508 e. The summed E-state index contributed by atoms with van der Waals surface area (Å²) in [6.45, 7) is 11.2. The molecule has 0 saturated carbocycles. The molecule has 0 heterocycles. The van der Waals surface area contributed by atoms with E-state index < -0.39 is 0 Å². The van der Waals surface area contributed by atoms with Gasteiger partial charge in [0.1, 0.15) is 17.2 Å². The van der Waals surface area contributed by atoms with Crippen LogP contribution in [0.2, 0.25) is 0 Å². The van der Waals surface area contributed by atoms with Gasteiger partial charge in [0.05, 0.1) is 0 Å². The molecule has 0 aromatic heterocycles. The SMILES string of the molecule is CCN(CC)/C(S)=N/N=C(/C(=N/N=C(\S)N(CC)CC)c1ccc(O)cc1)c1ccccc1. The number of phenols is 1. The number of rotatable bonds is 9. The maximum atomic E-state index is 9.79. The van der Waals surface area contributed by atoms with E-state index in [1.54, 1.807) is 24.3 Å². The quantitative estimate of drug-likeness (QED) is 0.208. The van der Waals surface area contributed by atoms with Gasteiger partial charge >= 0.3 is 0 Å². The summed E-state index contributed by atoms with van der Waals surface area (Å²) in [5.74, 6) is 0.162. The van der Waals surface area contributed by atoms with Crippen molar-refractivity contribution < 1.29 is 5.11 Å². The highest BCUT2D eigenvalue weighted by Crippen LogP contribution is 2.16. The Morgan fingerprint density at radius 2 is 1.03 bits per heavy atom. The van der Waals surface area contributed by atoms with Crippen molar-refractivity contribution in [2.45, 2.75) is 27.7 Å². The zero-order valence-corrected chi connectivity index (χ0v) is 21.3. The van der Waals surface area contributed by atoms with E-state index in [1.165, 1.54) is 0 Å². The van der Waals surface area contributed by atoms with Crippen LogP contribution in [0.4, 0.5) is 0 Å². The van der Waals surface area contributed by atoms with Crippen LogP contribution in [0.3, 0.4) is 0 Å². The van der Waals surface area contributed by atoms with Crippen molar-refractivity contribution in [1.29, 1.82) is 0 Å². The van der Waals surface area contributed by atoms with Crippen molar-refractivity contribution in [3.63, 3.8) is 0 Å². The molecular formula is C24H32N6OS2. The molecule has 0 amide bonds. The Kier molecular flexibility index (Phi) is 11.0. The van der Waals surface area contributed by atoms with E-state index in [0.717, 1.165) is 37.3 Å². The van der Waals surface area contributed by atoms with Gasteiger partial charge < -0.3 is 14.9 Å². The van der Waals surface area contributed by atoms with Crippen molar-refractivity contribution in [3.05, 3.63) is 65.7 Å². The molecular weight excluding hydrogens is 452 g/mol. The molecule has 33 heavy (non-hydrogen) atoms. The summed E-state index contributed by atoms with van der Waals surface area (Å²) in [6, 6.07) is 16.4. The molecule has 0 aliphatic heterocycles. The number of phenolic OH excluding ortho intramolecular Hbond substituents is 1. The molecule has 0 unspecified atom stereocenters. The lowest BCUT2D eigenvalue weighted by Crippen LogP contribution is -2.27. The summed E-state index contributed by atoms with van der Waals surface area (Å²) in [5, 5.41) is 28.7. The van der Waals surface area contributed by atoms with Crippen LogP contribution < -0.4 is 0 Å². The van der Waals surface area contributed by atoms with E-state index in [0.29, 0.717) is 21.8 Å². The van der Waals surface area contributed by atoms with Crippen LogP contribution in [0.25, 0.3) is 0 Å². The maximum Gasteiger partial charge on any atom is 0.182 e. The number of aromatic hydroxyl groups is 1. The highest BCUT2D eigenvalue weighted by atomic mass is 32.1. The van der Waals surface area contributed by atoms with Crippen molar-refractivity contribution in [2.24, 2.45) is 20.4 Å². The second-order valence-electron chi connectivity index (χ2n) is 6.95. The lowest BCUT2D eigenvalue weighted by Gasteiger charge is -2.18. The van der Waals surface area contributed by atoms with Crippen LogP contribution in [0, 0.1) is 0 Å². The molecule has 7 nitrogen and oxygen atoms in total. The predicted molar refractivity (Wildman–Crippen MR) is 146 cm³/mol. The lowest BCUT2D eigenvalue weighted by atomic mass is 10.00. The normalized spacial score (nSPS) is 13.3. The Labute approximate surface area is 207 Å². The maximum absolute atomic E-state index is 9.79. The Hall–Kier alpha value is -2.78. The van der Waals surface area contributed by atoms with Gasteiger partial charge in [-0.3, -0.25) is 0 Å². The summed E-state index contributed by atoms with van der Waals surface area (Å²) in [6.07, 6.45) is 0. The summed E-state index contributed by atoms with van der Waals surface area (Å²) >= 11 is 9.05. The zero-order valence-electron chi connectivity index (χ0n) is 19.5. The predicted octanol–water partition coefficient (Wildman–Crippen LogP) is 4.76. The number of benzene rings is 2. The Morgan fingerprint density at radius 1 is 0.636 bits per heavy atom. The van der Waals surface area contributed by atoms with E-state index in [-0.39, 0.29) is 5.75 Å². The molecule has 2 aromatic rings. The van der Waals surface area contributed by atoms with Crippen LogP contribution in [-0.2, 0) is 0 Å². The van der Waals surface area contributed by atoms with E-state index >= 15 is 0 Å². The molecule has 9 heteroatoms. The average molecular weight is 485 g/mol. The van der Waals surface area contributed by atoms with Gasteiger partial charge in [-0.2, -0.15) is 0 Å². The van der Waals surface area contributed by atoms with Crippen molar-refractivity contribution in [3.8, 4) is 5.75 Å². The molecule has 0 bridgehead atoms. The molecule has 0 aliphatic carbocycles. The van der Waals surface area contributed by atoms with Crippen LogP contribution in [0.15, 0.2) is 75.0 Å². The third-order valence-electron chi connectivity index (χ3n) is 4.98. The molecule has 176 valence electrons. The third kappa shape index (κ3) is 7.64. The second-order valence-corrected chi connectivity index (χ2v) is 7.75. The fourth-order valence-electron chi connectivity index (χ4n) is 3.03. The minimum absolute atomic E-state index is 0.162. The topological polar surface area (TPSA) is 76.2 Å². The third-order valence-corrected chi connectivity index (χ3v) is 5.73. The van der Waals surface area contributed by atoms with Gasteiger partial charge in [-0.05, 0) is 52.0 Å². The first kappa shape index (κ1) is 26.5. The van der Waals surface area contributed by atoms with Gasteiger partial charge in [0.15, 0.2) is 10.3 Å². The fraction of sp³-hybridized carbons (Fsp3) is 0.333. The van der Waals surface area contributed by atoms with E-state index in [2.05, 4.69) is 45.7 Å². The summed E-state index contributed by atoms with van der Waals surface area (Å²) < 4.78 is 0. The summed E-state index contributed by atoms with van der Waals surface area (Å²) in [7, 11) is 0. The monoisotopic (exact) mass is 484 g/mol. The standard InChI is InChI=1S/C24H32N6OS2/c1-5-29(6-2)23(32)27-25-21(18-12-10-9-11-13-18)22(19-14-16-20(31)17-15-19)26-28-24(33)30(7-3)8-4/h9-17,31H,5-8H2,1-4H3,(H,27,32)(H,28,33)/b25-21+,26-22+. The van der Waals surface area contributed by atoms with Crippen molar-refractivity contribution >= 4 is 47.0 Å². The summed E-state index contributed by atoms with van der Waals surface area (Å²) in [4.78, 5) is 3.99. The molecule has 0 spiro atoms. The molecule has 0 fully saturated rings. The van der Waals surface area contributed by atoms with Crippen LogP contribution in [-0.4, -0.2) is 62.8 Å². The van der Waals surface area contributed by atoms with E-state index in [9.17, 15) is 5.11 Å². The molecule has 0 atom stereocenters.